The summed E-state index contributed by atoms with van der Waals surface area (Å²) in [5.41, 5.74) is 2.80. The molecule has 5 heterocycles. The molecule has 0 bridgehead atoms. The Bertz CT molecular complexity index is 1120. The van der Waals surface area contributed by atoms with Crippen LogP contribution in [0, 0.1) is 0 Å². The molecule has 0 saturated carbocycles. The van der Waals surface area contributed by atoms with E-state index in [1.54, 1.807) is 12.5 Å². The Morgan fingerprint density at radius 2 is 2.21 bits per heavy atom. The molecule has 0 fully saturated rings. The van der Waals surface area contributed by atoms with Crippen molar-refractivity contribution in [3.63, 3.8) is 0 Å². The van der Waals surface area contributed by atoms with E-state index in [2.05, 4.69) is 31.6 Å². The number of furan rings is 1. The Balaban J connectivity index is 1.19. The van der Waals surface area contributed by atoms with E-state index >= 15 is 0 Å². The second-order valence-electron chi connectivity index (χ2n) is 6.79. The fourth-order valence-electron chi connectivity index (χ4n) is 3.36. The molecule has 0 unspecified atom stereocenters. The van der Waals surface area contributed by atoms with Gasteiger partial charge in [0.25, 0.3) is 0 Å². The lowest BCUT2D eigenvalue weighted by Gasteiger charge is -2.28. The molecule has 4 aromatic rings. The zero-order valence-corrected chi connectivity index (χ0v) is 17.1. The highest BCUT2D eigenvalue weighted by atomic mass is 32.1. The average Bonchev–Trinajstić information content (AvgIpc) is 3.49. The number of fused-ring (bicyclic) bond motifs is 1. The molecule has 0 aliphatic carbocycles. The van der Waals surface area contributed by atoms with E-state index in [4.69, 9.17) is 4.42 Å². The highest BCUT2D eigenvalue weighted by Gasteiger charge is 2.18. The Labute approximate surface area is 175 Å². The number of hydrogen-bond acceptors (Lipinski definition) is 7. The van der Waals surface area contributed by atoms with Gasteiger partial charge in [0.1, 0.15) is 5.82 Å². The van der Waals surface area contributed by atoms with E-state index in [0.29, 0.717) is 11.4 Å². The number of rotatable bonds is 5. The van der Waals surface area contributed by atoms with E-state index in [9.17, 15) is 4.79 Å². The normalized spacial score (nSPS) is 13.3. The fraction of sp³-hybridized carbons (Fsp3) is 0.190. The number of carbonyl (C=O) groups excluding carboxylic acids is 1. The van der Waals surface area contributed by atoms with Crippen LogP contribution < -0.4 is 10.2 Å². The molecule has 146 valence electrons. The minimum atomic E-state index is -0.114. The molecule has 1 amide bonds. The third-order valence-electron chi connectivity index (χ3n) is 4.79. The van der Waals surface area contributed by atoms with Crippen LogP contribution in [0.25, 0.3) is 10.8 Å². The van der Waals surface area contributed by atoms with Crippen LogP contribution in [-0.4, -0.2) is 22.4 Å². The molecule has 0 atom stereocenters. The number of anilines is 2. The summed E-state index contributed by atoms with van der Waals surface area (Å²) in [5.74, 6) is 1.54. The average molecular weight is 423 g/mol. The monoisotopic (exact) mass is 422 g/mol. The molecular weight excluding hydrogens is 404 g/mol. The van der Waals surface area contributed by atoms with Crippen molar-refractivity contribution < 1.29 is 9.21 Å². The molecule has 0 saturated heterocycles. The lowest BCUT2D eigenvalue weighted by atomic mass is 10.1. The van der Waals surface area contributed by atoms with Crippen LogP contribution in [0.4, 0.5) is 11.5 Å². The van der Waals surface area contributed by atoms with Crippen LogP contribution in [0.2, 0.25) is 0 Å². The van der Waals surface area contributed by atoms with Crippen LogP contribution in [0.15, 0.2) is 58.0 Å². The Kier molecular flexibility index (Phi) is 4.87. The van der Waals surface area contributed by atoms with Gasteiger partial charge in [-0.2, -0.15) is 0 Å². The minimum Gasteiger partial charge on any atom is -0.462 e. The Morgan fingerprint density at radius 1 is 1.24 bits per heavy atom. The molecule has 1 aliphatic rings. The standard InChI is InChI=1S/C21H18N4O2S2/c26-20(10-16-13-29-21(24-16)17-2-1-8-27-17)23-15-3-4-19(22-11-15)25-7-5-18-14(12-25)6-9-28-18/h1-4,6,8-9,11,13H,5,7,10,12H2,(H,23,26). The minimum absolute atomic E-state index is 0.114. The first-order valence-corrected chi connectivity index (χ1v) is 11.0. The number of nitrogens with zero attached hydrogens (tertiary/aromatic N) is 3. The zero-order chi connectivity index (χ0) is 19.6. The van der Waals surface area contributed by atoms with E-state index in [1.807, 2.05) is 41.0 Å². The Hall–Kier alpha value is -2.97. The summed E-state index contributed by atoms with van der Waals surface area (Å²) in [4.78, 5) is 25.1. The number of thiazole rings is 1. The maximum absolute atomic E-state index is 12.4. The van der Waals surface area contributed by atoms with Gasteiger partial charge in [0.15, 0.2) is 10.8 Å². The first-order valence-electron chi connectivity index (χ1n) is 9.29. The molecule has 0 aromatic carbocycles. The predicted molar refractivity (Wildman–Crippen MR) is 115 cm³/mol. The lowest BCUT2D eigenvalue weighted by molar-refractivity contribution is -0.115. The SMILES string of the molecule is O=C(Cc1csc(-c2ccco2)n1)Nc1ccc(N2CCc3sccc3C2)nc1. The van der Waals surface area contributed by atoms with Crippen LogP contribution in [0.5, 0.6) is 0 Å². The maximum Gasteiger partial charge on any atom is 0.230 e. The highest BCUT2D eigenvalue weighted by Crippen LogP contribution is 2.27. The van der Waals surface area contributed by atoms with Crippen molar-refractivity contribution in [1.29, 1.82) is 0 Å². The van der Waals surface area contributed by atoms with Gasteiger partial charge in [0, 0.05) is 23.3 Å². The number of nitrogens with one attached hydrogen (secondary N) is 1. The first-order chi connectivity index (χ1) is 14.2. The lowest BCUT2D eigenvalue weighted by Crippen LogP contribution is -2.30. The number of hydrogen-bond donors (Lipinski definition) is 1. The molecule has 6 nitrogen and oxygen atoms in total. The molecule has 4 aromatic heterocycles. The van der Waals surface area contributed by atoms with Crippen molar-refractivity contribution >= 4 is 40.1 Å². The van der Waals surface area contributed by atoms with Crippen LogP contribution in [0.3, 0.4) is 0 Å². The predicted octanol–water partition coefficient (Wildman–Crippen LogP) is 4.60. The summed E-state index contributed by atoms with van der Waals surface area (Å²) < 4.78 is 5.35. The molecule has 1 N–H and O–H groups in total. The third kappa shape index (κ3) is 3.94. The zero-order valence-electron chi connectivity index (χ0n) is 15.5. The van der Waals surface area contributed by atoms with E-state index < -0.39 is 0 Å². The van der Waals surface area contributed by atoms with Gasteiger partial charge < -0.3 is 14.6 Å². The van der Waals surface area contributed by atoms with E-state index in [-0.39, 0.29) is 12.3 Å². The molecule has 0 radical (unpaired) electrons. The number of amides is 1. The van der Waals surface area contributed by atoms with Crippen LogP contribution >= 0.6 is 22.7 Å². The van der Waals surface area contributed by atoms with Gasteiger partial charge >= 0.3 is 0 Å². The molecule has 29 heavy (non-hydrogen) atoms. The largest absolute Gasteiger partial charge is 0.462 e. The van der Waals surface area contributed by atoms with Gasteiger partial charge in [0.05, 0.1) is 30.3 Å². The first kappa shape index (κ1) is 18.1. The maximum atomic E-state index is 12.4. The second kappa shape index (κ2) is 7.81. The molecule has 0 spiro atoms. The van der Waals surface area contributed by atoms with Crippen molar-refractivity contribution in [1.82, 2.24) is 9.97 Å². The summed E-state index contributed by atoms with van der Waals surface area (Å²) in [6, 6.07) is 9.74. The van der Waals surface area contributed by atoms with E-state index in [0.717, 1.165) is 36.0 Å². The summed E-state index contributed by atoms with van der Waals surface area (Å²) in [7, 11) is 0. The van der Waals surface area contributed by atoms with Gasteiger partial charge in [-0.15, -0.1) is 22.7 Å². The van der Waals surface area contributed by atoms with Gasteiger partial charge in [-0.25, -0.2) is 9.97 Å². The quantitative estimate of drug-likeness (QED) is 0.509. The molecule has 1 aliphatic heterocycles. The smallest absolute Gasteiger partial charge is 0.230 e. The van der Waals surface area contributed by atoms with Gasteiger partial charge in [0.2, 0.25) is 5.91 Å². The number of aromatic nitrogens is 2. The summed E-state index contributed by atoms with van der Waals surface area (Å²) >= 11 is 3.30. The number of thiophene rings is 1. The molecule has 5 rings (SSSR count). The summed E-state index contributed by atoms with van der Waals surface area (Å²) in [6.07, 6.45) is 4.60. The number of carbonyl (C=O) groups is 1. The molecular formula is C21H18N4O2S2. The topological polar surface area (TPSA) is 71.3 Å². The summed E-state index contributed by atoms with van der Waals surface area (Å²) in [5, 5.41) is 7.71. The van der Waals surface area contributed by atoms with Crippen LogP contribution in [-0.2, 0) is 24.2 Å². The van der Waals surface area contributed by atoms with Gasteiger partial charge in [-0.1, -0.05) is 0 Å². The van der Waals surface area contributed by atoms with Gasteiger partial charge in [-0.05, 0) is 47.7 Å². The van der Waals surface area contributed by atoms with Crippen molar-refractivity contribution in [3.8, 4) is 10.8 Å². The van der Waals surface area contributed by atoms with E-state index in [1.165, 1.54) is 21.8 Å². The fourth-order valence-corrected chi connectivity index (χ4v) is 5.04. The van der Waals surface area contributed by atoms with Crippen molar-refractivity contribution in [3.05, 3.63) is 69.7 Å². The second-order valence-corrected chi connectivity index (χ2v) is 8.65. The van der Waals surface area contributed by atoms with Crippen molar-refractivity contribution in [2.45, 2.75) is 19.4 Å². The highest BCUT2D eigenvalue weighted by molar-refractivity contribution is 7.13. The summed E-state index contributed by atoms with van der Waals surface area (Å²) in [6.45, 7) is 1.85. The van der Waals surface area contributed by atoms with Crippen molar-refractivity contribution in [2.24, 2.45) is 0 Å². The van der Waals surface area contributed by atoms with Crippen LogP contribution in [0.1, 0.15) is 16.1 Å². The van der Waals surface area contributed by atoms with Crippen molar-refractivity contribution in [2.75, 3.05) is 16.8 Å². The molecule has 8 heteroatoms. The Morgan fingerprint density at radius 3 is 3.03 bits per heavy atom. The van der Waals surface area contributed by atoms with Gasteiger partial charge in [-0.3, -0.25) is 4.79 Å². The number of pyridine rings is 1. The third-order valence-corrected chi connectivity index (χ3v) is 6.72.